The Morgan fingerprint density at radius 1 is 1.13 bits per heavy atom. The quantitative estimate of drug-likeness (QED) is 0.439. The molecule has 0 amide bonds. The molecule has 8 heteroatoms. The van der Waals surface area contributed by atoms with Gasteiger partial charge in [0.25, 0.3) is 0 Å². The summed E-state index contributed by atoms with van der Waals surface area (Å²) in [6.45, 7) is 7.52. The summed E-state index contributed by atoms with van der Waals surface area (Å²) in [6, 6.07) is 10.4. The zero-order chi connectivity index (χ0) is 26.5. The minimum Gasteiger partial charge on any atom is -0.485 e. The molecule has 1 aliphatic heterocycles. The van der Waals surface area contributed by atoms with Gasteiger partial charge in [0, 0.05) is 48.6 Å². The number of pyridine rings is 1. The van der Waals surface area contributed by atoms with Crippen LogP contribution in [0.1, 0.15) is 61.6 Å². The summed E-state index contributed by atoms with van der Waals surface area (Å²) in [7, 11) is 0. The fourth-order valence-corrected chi connectivity index (χ4v) is 6.14. The lowest BCUT2D eigenvalue weighted by atomic mass is 9.85. The minimum absolute atomic E-state index is 0.341. The van der Waals surface area contributed by atoms with Crippen molar-refractivity contribution in [2.75, 3.05) is 32.0 Å². The molecular formula is C30H36N4O3S. The fraction of sp³-hybridized carbons (Fsp3) is 0.467. The van der Waals surface area contributed by atoms with E-state index in [0.29, 0.717) is 30.1 Å². The van der Waals surface area contributed by atoms with Crippen molar-refractivity contribution in [1.29, 1.82) is 0 Å². The van der Waals surface area contributed by atoms with E-state index in [1.54, 1.807) is 31.4 Å². The van der Waals surface area contributed by atoms with Crippen LogP contribution < -0.4 is 10.5 Å². The van der Waals surface area contributed by atoms with Crippen LogP contribution in [0.5, 0.6) is 5.75 Å². The Morgan fingerprint density at radius 3 is 2.68 bits per heavy atom. The summed E-state index contributed by atoms with van der Waals surface area (Å²) in [5.74, 6) is 7.28. The Hall–Kier alpha value is -2.96. The van der Waals surface area contributed by atoms with Crippen molar-refractivity contribution in [1.82, 2.24) is 14.9 Å². The van der Waals surface area contributed by atoms with E-state index in [1.165, 1.54) is 30.7 Å². The molecule has 200 valence electrons. The second-order valence-corrected chi connectivity index (χ2v) is 11.7. The number of morpholine rings is 1. The average molecular weight is 533 g/mol. The van der Waals surface area contributed by atoms with Gasteiger partial charge in [-0.15, -0.1) is 11.3 Å². The molecule has 0 bridgehead atoms. The standard InChI is InChI=1S/C30H36N4O3S/c1-30(2,35)11-10-21-4-3-5-22(16-21)20-37-26-17-24(18-32-28(26)31)27-19-33-29(38-27)23-6-8-25(9-7-23)34-12-14-36-15-13-34/h3-5,16-19,23,25,35H,6-9,12-15,20H2,1-2H3,(H2,31,32). The van der Waals surface area contributed by atoms with Crippen molar-refractivity contribution in [2.24, 2.45) is 0 Å². The van der Waals surface area contributed by atoms with Gasteiger partial charge in [-0.2, -0.15) is 0 Å². The van der Waals surface area contributed by atoms with Crippen molar-refractivity contribution in [3.8, 4) is 28.0 Å². The Balaban J connectivity index is 1.21. The van der Waals surface area contributed by atoms with Crippen LogP contribution in [0.15, 0.2) is 42.7 Å². The lowest BCUT2D eigenvalue weighted by molar-refractivity contribution is 0.00729. The number of nitrogen functional groups attached to an aromatic ring is 1. The average Bonchev–Trinajstić information content (AvgIpc) is 3.42. The molecule has 2 aromatic heterocycles. The molecule has 3 heterocycles. The van der Waals surface area contributed by atoms with Crippen molar-refractivity contribution in [3.63, 3.8) is 0 Å². The number of hydrogen-bond donors (Lipinski definition) is 2. The number of rotatable bonds is 6. The first-order valence-corrected chi connectivity index (χ1v) is 14.2. The maximum atomic E-state index is 9.86. The summed E-state index contributed by atoms with van der Waals surface area (Å²) < 4.78 is 11.6. The smallest absolute Gasteiger partial charge is 0.166 e. The SMILES string of the molecule is CC(C)(O)C#Cc1cccc(COc2cc(-c3cnc(C4CCC(N5CCOCC5)CC4)s3)cnc2N)c1. The summed E-state index contributed by atoms with van der Waals surface area (Å²) >= 11 is 1.75. The highest BCUT2D eigenvalue weighted by molar-refractivity contribution is 7.15. The third-order valence-electron chi connectivity index (χ3n) is 7.13. The second kappa shape index (κ2) is 11.8. The molecule has 0 radical (unpaired) electrons. The van der Waals surface area contributed by atoms with E-state index in [-0.39, 0.29) is 0 Å². The summed E-state index contributed by atoms with van der Waals surface area (Å²) in [6.07, 6.45) is 8.57. The summed E-state index contributed by atoms with van der Waals surface area (Å²) in [4.78, 5) is 12.9. The topological polar surface area (TPSA) is 93.7 Å². The van der Waals surface area contributed by atoms with Crippen molar-refractivity contribution in [2.45, 2.75) is 63.7 Å². The molecular weight excluding hydrogens is 496 g/mol. The largest absolute Gasteiger partial charge is 0.485 e. The first-order valence-electron chi connectivity index (χ1n) is 13.3. The zero-order valence-electron chi connectivity index (χ0n) is 22.2. The molecule has 0 spiro atoms. The van der Waals surface area contributed by atoms with E-state index in [9.17, 15) is 5.11 Å². The van der Waals surface area contributed by atoms with E-state index in [2.05, 4.69) is 21.7 Å². The highest BCUT2D eigenvalue weighted by atomic mass is 32.1. The molecule has 3 N–H and O–H groups in total. The number of anilines is 1. The molecule has 1 saturated heterocycles. The predicted molar refractivity (Wildman–Crippen MR) is 151 cm³/mol. The Kier molecular flexibility index (Phi) is 8.29. The van der Waals surface area contributed by atoms with Crippen LogP contribution in [-0.2, 0) is 11.3 Å². The van der Waals surface area contributed by atoms with E-state index in [0.717, 1.165) is 47.9 Å². The van der Waals surface area contributed by atoms with Gasteiger partial charge in [0.1, 0.15) is 12.2 Å². The van der Waals surface area contributed by atoms with Gasteiger partial charge in [0.15, 0.2) is 11.6 Å². The monoisotopic (exact) mass is 532 g/mol. The molecule has 0 unspecified atom stereocenters. The molecule has 7 nitrogen and oxygen atoms in total. The van der Waals surface area contributed by atoms with Gasteiger partial charge in [-0.05, 0) is 63.3 Å². The molecule has 3 aromatic rings. The third kappa shape index (κ3) is 6.91. The fourth-order valence-electron chi connectivity index (χ4n) is 5.07. The van der Waals surface area contributed by atoms with Crippen LogP contribution in [0, 0.1) is 11.8 Å². The molecule has 5 rings (SSSR count). The van der Waals surface area contributed by atoms with Crippen molar-refractivity contribution in [3.05, 3.63) is 58.9 Å². The lowest BCUT2D eigenvalue weighted by Crippen LogP contribution is -2.44. The Morgan fingerprint density at radius 2 is 1.92 bits per heavy atom. The first-order chi connectivity index (χ1) is 18.3. The van der Waals surface area contributed by atoms with Crippen molar-refractivity contribution >= 4 is 17.2 Å². The van der Waals surface area contributed by atoms with Crippen LogP contribution in [0.3, 0.4) is 0 Å². The van der Waals surface area contributed by atoms with Gasteiger partial charge in [-0.1, -0.05) is 24.0 Å². The maximum Gasteiger partial charge on any atom is 0.166 e. The molecule has 38 heavy (non-hydrogen) atoms. The molecule has 0 atom stereocenters. The number of aliphatic hydroxyl groups is 1. The number of aromatic nitrogens is 2. The number of nitrogens with zero attached hydrogens (tertiary/aromatic N) is 3. The highest BCUT2D eigenvalue weighted by Gasteiger charge is 2.29. The summed E-state index contributed by atoms with van der Waals surface area (Å²) in [5, 5.41) is 11.1. The van der Waals surface area contributed by atoms with Crippen LogP contribution in [-0.4, -0.2) is 57.9 Å². The Labute approximate surface area is 229 Å². The molecule has 2 aliphatic rings. The first kappa shape index (κ1) is 26.6. The third-order valence-corrected chi connectivity index (χ3v) is 8.34. The normalized spacial score (nSPS) is 20.5. The second-order valence-electron chi connectivity index (χ2n) is 10.6. The lowest BCUT2D eigenvalue weighted by Gasteiger charge is -2.38. The van der Waals surface area contributed by atoms with E-state index < -0.39 is 5.60 Å². The molecule has 2 fully saturated rings. The number of benzene rings is 1. The van der Waals surface area contributed by atoms with Gasteiger partial charge in [0.05, 0.1) is 23.1 Å². The van der Waals surface area contributed by atoms with Gasteiger partial charge in [-0.25, -0.2) is 9.97 Å². The summed E-state index contributed by atoms with van der Waals surface area (Å²) in [5.41, 5.74) is 7.86. The van der Waals surface area contributed by atoms with Gasteiger partial charge >= 0.3 is 0 Å². The van der Waals surface area contributed by atoms with Gasteiger partial charge < -0.3 is 20.3 Å². The van der Waals surface area contributed by atoms with Crippen LogP contribution in [0.4, 0.5) is 5.82 Å². The number of thiazole rings is 1. The minimum atomic E-state index is -1.04. The van der Waals surface area contributed by atoms with Crippen molar-refractivity contribution < 1.29 is 14.6 Å². The van der Waals surface area contributed by atoms with E-state index in [4.69, 9.17) is 20.2 Å². The van der Waals surface area contributed by atoms with Crippen LogP contribution in [0.25, 0.3) is 10.4 Å². The number of ether oxygens (including phenoxy) is 2. The predicted octanol–water partition coefficient (Wildman–Crippen LogP) is 4.85. The number of hydrogen-bond acceptors (Lipinski definition) is 8. The highest BCUT2D eigenvalue weighted by Crippen LogP contribution is 2.39. The molecule has 1 aliphatic carbocycles. The molecule has 1 aromatic carbocycles. The Bertz CT molecular complexity index is 1290. The van der Waals surface area contributed by atoms with Gasteiger partial charge in [-0.3, -0.25) is 4.90 Å². The zero-order valence-corrected chi connectivity index (χ0v) is 23.0. The van der Waals surface area contributed by atoms with E-state index >= 15 is 0 Å². The van der Waals surface area contributed by atoms with E-state index in [1.807, 2.05) is 36.5 Å². The van der Waals surface area contributed by atoms with Crippen LogP contribution in [0.2, 0.25) is 0 Å². The van der Waals surface area contributed by atoms with Crippen LogP contribution >= 0.6 is 11.3 Å². The maximum absolute atomic E-state index is 9.86. The molecule has 1 saturated carbocycles. The number of nitrogens with two attached hydrogens (primary N) is 1. The van der Waals surface area contributed by atoms with Gasteiger partial charge in [0.2, 0.25) is 0 Å².